The first-order valence-electron chi connectivity index (χ1n) is 10.5. The average Bonchev–Trinajstić information content (AvgIpc) is 3.25. The monoisotopic (exact) mass is 426 g/mol. The second-order valence-electron chi connectivity index (χ2n) is 7.36. The van der Waals surface area contributed by atoms with E-state index in [4.69, 9.17) is 14.2 Å². The quantitative estimate of drug-likeness (QED) is 0.572. The fraction of sp³-hybridized carbons (Fsp3) is 0.417. The van der Waals surface area contributed by atoms with Crippen LogP contribution in [0.5, 0.6) is 11.5 Å². The molecule has 0 radical (unpaired) electrons. The molecule has 7 heteroatoms. The number of hydrogen-bond acceptors (Lipinski definition) is 6. The van der Waals surface area contributed by atoms with E-state index in [0.29, 0.717) is 5.69 Å². The minimum atomic E-state index is -0.422. The van der Waals surface area contributed by atoms with Crippen LogP contribution in [-0.2, 0) is 14.3 Å². The molecule has 1 heterocycles. The summed E-state index contributed by atoms with van der Waals surface area (Å²) in [6.07, 6.45) is 1.91. The van der Waals surface area contributed by atoms with E-state index in [1.165, 1.54) is 4.90 Å². The van der Waals surface area contributed by atoms with Crippen LogP contribution in [-0.4, -0.2) is 57.2 Å². The van der Waals surface area contributed by atoms with Crippen LogP contribution in [0.1, 0.15) is 31.4 Å². The van der Waals surface area contributed by atoms with Gasteiger partial charge in [0, 0.05) is 23.4 Å². The number of ether oxygens (including phenoxy) is 3. The fourth-order valence-corrected chi connectivity index (χ4v) is 3.99. The molecule has 1 aliphatic heterocycles. The summed E-state index contributed by atoms with van der Waals surface area (Å²) in [5.41, 5.74) is 1.71. The number of carbonyl (C=O) groups excluding carboxylic acids is 2. The molecule has 1 aliphatic rings. The first-order valence-corrected chi connectivity index (χ1v) is 10.5. The molecule has 0 bridgehead atoms. The molecule has 0 aliphatic carbocycles. The maximum atomic E-state index is 13.3. The Bertz CT molecular complexity index is 887. The smallest absolute Gasteiger partial charge is 0.326 e. The standard InChI is InChI=1S/C24H30N2O5/c1-4-31-24(28)17-26(18-9-6-5-7-10-18)23(27)16-25-14-8-11-21(25)20-13-12-19(29-2)15-22(20)30-3/h5-7,9-10,12-13,15,21H,4,8,11,14,16-17H2,1-3H3/t21-/m0/s1. The van der Waals surface area contributed by atoms with Gasteiger partial charge in [0.25, 0.3) is 0 Å². The molecule has 3 rings (SSSR count). The maximum Gasteiger partial charge on any atom is 0.326 e. The Morgan fingerprint density at radius 2 is 1.87 bits per heavy atom. The molecule has 1 fully saturated rings. The SMILES string of the molecule is CCOC(=O)CN(C(=O)CN1CCC[C@H]1c1ccc(OC)cc1OC)c1ccccc1. The Hall–Kier alpha value is -3.06. The zero-order valence-electron chi connectivity index (χ0n) is 18.4. The van der Waals surface area contributed by atoms with E-state index in [1.54, 1.807) is 21.1 Å². The molecule has 1 amide bonds. The normalized spacial score (nSPS) is 16.0. The Labute approximate surface area is 183 Å². The van der Waals surface area contributed by atoms with Gasteiger partial charge in [0.05, 0.1) is 27.4 Å². The molecular weight excluding hydrogens is 396 g/mol. The van der Waals surface area contributed by atoms with Gasteiger partial charge in [0.15, 0.2) is 0 Å². The van der Waals surface area contributed by atoms with Crippen molar-refractivity contribution in [1.82, 2.24) is 4.90 Å². The number of amides is 1. The summed E-state index contributed by atoms with van der Waals surface area (Å²) >= 11 is 0. The van der Waals surface area contributed by atoms with E-state index in [9.17, 15) is 9.59 Å². The molecule has 166 valence electrons. The van der Waals surface area contributed by atoms with Crippen molar-refractivity contribution in [3.05, 3.63) is 54.1 Å². The van der Waals surface area contributed by atoms with Crippen molar-refractivity contribution in [2.24, 2.45) is 0 Å². The summed E-state index contributed by atoms with van der Waals surface area (Å²) in [4.78, 5) is 29.1. The second kappa shape index (κ2) is 10.8. The van der Waals surface area contributed by atoms with E-state index in [1.807, 2.05) is 48.5 Å². The highest BCUT2D eigenvalue weighted by Crippen LogP contribution is 2.38. The third-order valence-corrected chi connectivity index (χ3v) is 5.46. The molecule has 1 atom stereocenters. The van der Waals surface area contributed by atoms with Gasteiger partial charge in [-0.3, -0.25) is 14.5 Å². The van der Waals surface area contributed by atoms with E-state index < -0.39 is 5.97 Å². The molecule has 7 nitrogen and oxygen atoms in total. The van der Waals surface area contributed by atoms with Crippen LogP contribution in [0.2, 0.25) is 0 Å². The minimum Gasteiger partial charge on any atom is -0.497 e. The molecule has 0 saturated carbocycles. The van der Waals surface area contributed by atoms with Crippen molar-refractivity contribution in [2.75, 3.05) is 45.4 Å². The van der Waals surface area contributed by atoms with Crippen molar-refractivity contribution in [2.45, 2.75) is 25.8 Å². The van der Waals surface area contributed by atoms with E-state index >= 15 is 0 Å². The molecule has 1 saturated heterocycles. The van der Waals surface area contributed by atoms with Crippen LogP contribution in [0, 0.1) is 0 Å². The van der Waals surface area contributed by atoms with Crippen LogP contribution >= 0.6 is 0 Å². The molecule has 2 aromatic rings. The summed E-state index contributed by atoms with van der Waals surface area (Å²) in [6.45, 7) is 2.92. The summed E-state index contributed by atoms with van der Waals surface area (Å²) in [7, 11) is 3.26. The summed E-state index contributed by atoms with van der Waals surface area (Å²) in [5.74, 6) is 0.911. The maximum absolute atomic E-state index is 13.3. The van der Waals surface area contributed by atoms with Gasteiger partial charge < -0.3 is 19.1 Å². The lowest BCUT2D eigenvalue weighted by molar-refractivity contribution is -0.142. The van der Waals surface area contributed by atoms with Gasteiger partial charge in [0.1, 0.15) is 18.0 Å². The molecular formula is C24H30N2O5. The van der Waals surface area contributed by atoms with Gasteiger partial charge in [-0.2, -0.15) is 0 Å². The Kier molecular flexibility index (Phi) is 7.89. The summed E-state index contributed by atoms with van der Waals surface area (Å²) in [6, 6.07) is 15.1. The lowest BCUT2D eigenvalue weighted by Crippen LogP contribution is -2.43. The average molecular weight is 427 g/mol. The van der Waals surface area contributed by atoms with Crippen molar-refractivity contribution in [3.63, 3.8) is 0 Å². The van der Waals surface area contributed by atoms with Crippen molar-refractivity contribution < 1.29 is 23.8 Å². The van der Waals surface area contributed by atoms with E-state index in [-0.39, 0.29) is 31.6 Å². The number of likely N-dealkylation sites (tertiary alicyclic amines) is 1. The highest BCUT2D eigenvalue weighted by Gasteiger charge is 2.32. The Morgan fingerprint density at radius 1 is 1.10 bits per heavy atom. The Morgan fingerprint density at radius 3 is 2.55 bits per heavy atom. The van der Waals surface area contributed by atoms with Crippen LogP contribution in [0.25, 0.3) is 0 Å². The van der Waals surface area contributed by atoms with Crippen LogP contribution in [0.3, 0.4) is 0 Å². The third-order valence-electron chi connectivity index (χ3n) is 5.46. The second-order valence-corrected chi connectivity index (χ2v) is 7.36. The van der Waals surface area contributed by atoms with Gasteiger partial charge in [-0.05, 0) is 44.5 Å². The van der Waals surface area contributed by atoms with Crippen molar-refractivity contribution in [1.29, 1.82) is 0 Å². The first kappa shape index (κ1) is 22.6. The van der Waals surface area contributed by atoms with Crippen molar-refractivity contribution in [3.8, 4) is 11.5 Å². The van der Waals surface area contributed by atoms with Gasteiger partial charge in [-0.1, -0.05) is 24.3 Å². The predicted molar refractivity (Wildman–Crippen MR) is 119 cm³/mol. The molecule has 0 spiro atoms. The number of carbonyl (C=O) groups is 2. The minimum absolute atomic E-state index is 0.0602. The fourth-order valence-electron chi connectivity index (χ4n) is 3.99. The number of benzene rings is 2. The van der Waals surface area contributed by atoms with Crippen molar-refractivity contribution >= 4 is 17.6 Å². The van der Waals surface area contributed by atoms with Gasteiger partial charge in [-0.25, -0.2) is 0 Å². The zero-order chi connectivity index (χ0) is 22.2. The molecule has 0 aromatic heterocycles. The largest absolute Gasteiger partial charge is 0.497 e. The van der Waals surface area contributed by atoms with Crippen LogP contribution < -0.4 is 14.4 Å². The number of para-hydroxylation sites is 1. The van der Waals surface area contributed by atoms with Gasteiger partial charge >= 0.3 is 5.97 Å². The first-order chi connectivity index (χ1) is 15.1. The molecule has 0 unspecified atom stereocenters. The number of esters is 1. The summed E-state index contributed by atoms with van der Waals surface area (Å²) < 4.78 is 16.0. The number of anilines is 1. The number of nitrogens with zero attached hydrogens (tertiary/aromatic N) is 2. The predicted octanol–water partition coefficient (Wildman–Crippen LogP) is 3.44. The number of hydrogen-bond donors (Lipinski definition) is 0. The van der Waals surface area contributed by atoms with Gasteiger partial charge in [0.2, 0.25) is 5.91 Å². The third kappa shape index (κ3) is 5.55. The zero-order valence-corrected chi connectivity index (χ0v) is 18.4. The van der Waals surface area contributed by atoms with Gasteiger partial charge in [-0.15, -0.1) is 0 Å². The highest BCUT2D eigenvalue weighted by molar-refractivity contribution is 5.98. The van der Waals surface area contributed by atoms with E-state index in [0.717, 1.165) is 36.4 Å². The highest BCUT2D eigenvalue weighted by atomic mass is 16.5. The lowest BCUT2D eigenvalue weighted by atomic mass is 10.0. The lowest BCUT2D eigenvalue weighted by Gasteiger charge is -2.29. The molecule has 2 aromatic carbocycles. The molecule has 31 heavy (non-hydrogen) atoms. The number of rotatable bonds is 9. The Balaban J connectivity index is 1.80. The molecule has 0 N–H and O–H groups in total. The summed E-state index contributed by atoms with van der Waals surface area (Å²) in [5, 5.41) is 0. The van der Waals surface area contributed by atoms with Crippen LogP contribution in [0.4, 0.5) is 5.69 Å². The van der Waals surface area contributed by atoms with E-state index in [2.05, 4.69) is 4.90 Å². The number of methoxy groups -OCH3 is 2. The topological polar surface area (TPSA) is 68.3 Å². The van der Waals surface area contributed by atoms with Crippen LogP contribution in [0.15, 0.2) is 48.5 Å².